The Balaban J connectivity index is 2.09. The van der Waals surface area contributed by atoms with Gasteiger partial charge in [0.1, 0.15) is 5.69 Å². The van der Waals surface area contributed by atoms with Gasteiger partial charge >= 0.3 is 5.97 Å². The molecule has 0 amide bonds. The maximum Gasteiger partial charge on any atom is 0.358 e. The van der Waals surface area contributed by atoms with E-state index in [0.717, 1.165) is 14.9 Å². The number of carbonyl (C=O) groups is 1. The van der Waals surface area contributed by atoms with Crippen molar-refractivity contribution in [2.45, 2.75) is 6.54 Å². The number of carboxylic acid groups (broad SMARTS) is 1. The molecule has 8 heteroatoms. The fourth-order valence-corrected chi connectivity index (χ4v) is 3.40. The lowest BCUT2D eigenvalue weighted by Gasteiger charge is -2.06. The quantitative estimate of drug-likeness (QED) is 0.769. The first-order valence-corrected chi connectivity index (χ1v) is 7.63. The zero-order valence-electron chi connectivity index (χ0n) is 10.6. The normalized spacial score (nSPS) is 10.7. The number of rotatable bonds is 4. The van der Waals surface area contributed by atoms with Gasteiger partial charge in [-0.3, -0.25) is 4.98 Å². The molecule has 106 valence electrons. The summed E-state index contributed by atoms with van der Waals surface area (Å²) < 4.78 is 2.57. The van der Waals surface area contributed by atoms with Crippen molar-refractivity contribution in [1.29, 1.82) is 0 Å². The van der Waals surface area contributed by atoms with Crippen LogP contribution in [0.3, 0.4) is 0 Å². The molecule has 21 heavy (non-hydrogen) atoms. The number of aromatic carboxylic acids is 1. The van der Waals surface area contributed by atoms with Crippen LogP contribution in [0.1, 0.15) is 15.4 Å². The molecule has 3 aromatic heterocycles. The largest absolute Gasteiger partial charge is 0.476 e. The van der Waals surface area contributed by atoms with Crippen molar-refractivity contribution in [3.63, 3.8) is 0 Å². The molecule has 0 spiro atoms. The van der Waals surface area contributed by atoms with Crippen molar-refractivity contribution in [2.24, 2.45) is 0 Å². The fourth-order valence-electron chi connectivity index (χ4n) is 1.94. The molecule has 0 unspecified atom stereocenters. The Labute approximate surface area is 132 Å². The Morgan fingerprint density at radius 1 is 1.33 bits per heavy atom. The van der Waals surface area contributed by atoms with Gasteiger partial charge in [-0.2, -0.15) is 0 Å². The zero-order chi connectivity index (χ0) is 14.8. The Kier molecular flexibility index (Phi) is 3.80. The lowest BCUT2D eigenvalue weighted by atomic mass is 10.1. The van der Waals surface area contributed by atoms with E-state index in [2.05, 4.69) is 31.2 Å². The van der Waals surface area contributed by atoms with Crippen LogP contribution in [-0.2, 0) is 6.54 Å². The molecular weight excluding hydrogens is 356 g/mol. The monoisotopic (exact) mass is 364 g/mol. The van der Waals surface area contributed by atoms with Crippen molar-refractivity contribution < 1.29 is 9.90 Å². The highest BCUT2D eigenvalue weighted by Crippen LogP contribution is 2.27. The minimum absolute atomic E-state index is 0.0612. The van der Waals surface area contributed by atoms with Crippen LogP contribution in [-0.4, -0.2) is 31.1 Å². The van der Waals surface area contributed by atoms with E-state index in [0.29, 0.717) is 12.2 Å². The van der Waals surface area contributed by atoms with Crippen molar-refractivity contribution >= 4 is 33.2 Å². The van der Waals surface area contributed by atoms with Crippen molar-refractivity contribution in [3.8, 4) is 11.3 Å². The topological polar surface area (TPSA) is 80.9 Å². The van der Waals surface area contributed by atoms with Crippen LogP contribution in [0.4, 0.5) is 0 Å². The van der Waals surface area contributed by atoms with Gasteiger partial charge in [0.15, 0.2) is 5.69 Å². The molecule has 0 atom stereocenters. The molecule has 0 aliphatic carbocycles. The summed E-state index contributed by atoms with van der Waals surface area (Å²) in [6, 6.07) is 5.43. The summed E-state index contributed by atoms with van der Waals surface area (Å²) >= 11 is 5.03. The summed E-state index contributed by atoms with van der Waals surface area (Å²) in [4.78, 5) is 16.3. The number of carboxylic acids is 1. The fraction of sp³-hybridized carbons (Fsp3) is 0.0769. The van der Waals surface area contributed by atoms with Gasteiger partial charge in [-0.15, -0.1) is 16.4 Å². The van der Waals surface area contributed by atoms with E-state index in [1.165, 1.54) is 0 Å². The lowest BCUT2D eigenvalue weighted by Crippen LogP contribution is -2.05. The second kappa shape index (κ2) is 5.74. The first-order valence-electron chi connectivity index (χ1n) is 5.96. The van der Waals surface area contributed by atoms with E-state index in [-0.39, 0.29) is 5.69 Å². The van der Waals surface area contributed by atoms with Crippen LogP contribution in [0.25, 0.3) is 11.3 Å². The molecule has 0 aliphatic heterocycles. The Morgan fingerprint density at radius 3 is 2.71 bits per heavy atom. The van der Waals surface area contributed by atoms with Crippen LogP contribution in [0, 0.1) is 0 Å². The van der Waals surface area contributed by atoms with Gasteiger partial charge in [0.25, 0.3) is 0 Å². The summed E-state index contributed by atoms with van der Waals surface area (Å²) in [5, 5.41) is 19.0. The summed E-state index contributed by atoms with van der Waals surface area (Å²) in [5.41, 5.74) is 1.14. The number of halogens is 1. The molecular formula is C13H9BrN4O2S. The third-order valence-electron chi connectivity index (χ3n) is 2.88. The molecule has 0 saturated heterocycles. The van der Waals surface area contributed by atoms with Gasteiger partial charge in [-0.05, 0) is 39.5 Å². The van der Waals surface area contributed by atoms with Gasteiger partial charge in [-0.25, -0.2) is 9.48 Å². The summed E-state index contributed by atoms with van der Waals surface area (Å²) in [6.45, 7) is 0.455. The number of pyridine rings is 1. The standard InChI is InChI=1S/C13H9BrN4O2S/c14-9-3-6-21-10(9)7-18-12(8-1-4-15-5-2-8)11(13(19)20)16-17-18/h1-6H,7H2,(H,19,20). The van der Waals surface area contributed by atoms with Crippen molar-refractivity contribution in [2.75, 3.05) is 0 Å². The third-order valence-corrected chi connectivity index (χ3v) is 4.79. The lowest BCUT2D eigenvalue weighted by molar-refractivity contribution is 0.0691. The number of hydrogen-bond donors (Lipinski definition) is 1. The van der Waals surface area contributed by atoms with E-state index >= 15 is 0 Å². The zero-order valence-corrected chi connectivity index (χ0v) is 13.0. The van der Waals surface area contributed by atoms with Gasteiger partial charge in [-0.1, -0.05) is 5.21 Å². The molecule has 0 aromatic carbocycles. The van der Waals surface area contributed by atoms with E-state index < -0.39 is 5.97 Å². The summed E-state index contributed by atoms with van der Waals surface area (Å²) in [5.74, 6) is -1.10. The second-order valence-electron chi connectivity index (χ2n) is 4.18. The molecule has 0 radical (unpaired) electrons. The number of thiophene rings is 1. The van der Waals surface area contributed by atoms with E-state index in [9.17, 15) is 9.90 Å². The highest BCUT2D eigenvalue weighted by Gasteiger charge is 2.21. The van der Waals surface area contributed by atoms with Gasteiger partial charge in [0.2, 0.25) is 0 Å². The average Bonchev–Trinajstić information content (AvgIpc) is 3.07. The minimum atomic E-state index is -1.10. The molecule has 3 rings (SSSR count). The predicted octanol–water partition coefficient (Wildman–Crippen LogP) is 2.91. The van der Waals surface area contributed by atoms with Crippen LogP contribution >= 0.6 is 27.3 Å². The average molecular weight is 365 g/mol. The smallest absolute Gasteiger partial charge is 0.358 e. The number of nitrogens with zero attached hydrogens (tertiary/aromatic N) is 4. The van der Waals surface area contributed by atoms with Gasteiger partial charge < -0.3 is 5.11 Å². The summed E-state index contributed by atoms with van der Waals surface area (Å²) in [6.07, 6.45) is 3.22. The maximum atomic E-state index is 11.3. The van der Waals surface area contributed by atoms with E-state index in [1.807, 2.05) is 11.4 Å². The predicted molar refractivity (Wildman–Crippen MR) is 81.3 cm³/mol. The van der Waals surface area contributed by atoms with Crippen molar-refractivity contribution in [1.82, 2.24) is 20.0 Å². The minimum Gasteiger partial charge on any atom is -0.476 e. The van der Waals surface area contributed by atoms with Crippen LogP contribution in [0.2, 0.25) is 0 Å². The molecule has 0 aliphatic rings. The molecule has 0 bridgehead atoms. The first-order chi connectivity index (χ1) is 10.2. The second-order valence-corrected chi connectivity index (χ2v) is 6.03. The Hall–Kier alpha value is -2.06. The first kappa shape index (κ1) is 13.9. The molecule has 3 aromatic rings. The van der Waals surface area contributed by atoms with Crippen LogP contribution < -0.4 is 0 Å². The molecule has 1 N–H and O–H groups in total. The third kappa shape index (κ3) is 2.72. The number of hydrogen-bond acceptors (Lipinski definition) is 5. The highest BCUT2D eigenvalue weighted by atomic mass is 79.9. The maximum absolute atomic E-state index is 11.3. The van der Waals surface area contributed by atoms with Gasteiger partial charge in [0, 0.05) is 27.3 Å². The van der Waals surface area contributed by atoms with Gasteiger partial charge in [0.05, 0.1) is 6.54 Å². The van der Waals surface area contributed by atoms with Crippen LogP contribution in [0.5, 0.6) is 0 Å². The van der Waals surface area contributed by atoms with E-state index in [4.69, 9.17) is 0 Å². The molecule has 0 saturated carbocycles. The Morgan fingerprint density at radius 2 is 2.10 bits per heavy atom. The highest BCUT2D eigenvalue weighted by molar-refractivity contribution is 9.10. The molecule has 0 fully saturated rings. The summed E-state index contributed by atoms with van der Waals surface area (Å²) in [7, 11) is 0. The van der Waals surface area contributed by atoms with Crippen LogP contribution in [0.15, 0.2) is 40.4 Å². The van der Waals surface area contributed by atoms with E-state index in [1.54, 1.807) is 40.5 Å². The SMILES string of the molecule is O=C(O)c1nnn(Cc2sccc2Br)c1-c1ccncc1. The Bertz CT molecular complexity index is 785. The molecule has 6 nitrogen and oxygen atoms in total. The number of aromatic nitrogens is 4. The molecule has 3 heterocycles. The van der Waals surface area contributed by atoms with Crippen molar-refractivity contribution in [3.05, 3.63) is 51.0 Å².